The molecule has 0 fully saturated rings. The van der Waals surface area contributed by atoms with E-state index in [2.05, 4.69) is 22.3 Å². The molecule has 1 amide bonds. The van der Waals surface area contributed by atoms with Crippen LogP contribution in [-0.4, -0.2) is 25.7 Å². The minimum absolute atomic E-state index is 0.120. The van der Waals surface area contributed by atoms with E-state index in [1.807, 2.05) is 50.2 Å². The van der Waals surface area contributed by atoms with Gasteiger partial charge in [0.15, 0.2) is 0 Å². The van der Waals surface area contributed by atoms with E-state index in [9.17, 15) is 4.79 Å². The molecule has 0 aliphatic heterocycles. The molecular formula is C21H27N5O2. The van der Waals surface area contributed by atoms with Gasteiger partial charge in [-0.1, -0.05) is 41.6 Å². The highest BCUT2D eigenvalue weighted by atomic mass is 16.5. The smallest absolute Gasteiger partial charge is 0.251 e. The van der Waals surface area contributed by atoms with E-state index < -0.39 is 0 Å². The zero-order chi connectivity index (χ0) is 20.7. The van der Waals surface area contributed by atoms with Gasteiger partial charge in [-0.25, -0.2) is 5.01 Å². The van der Waals surface area contributed by atoms with Crippen molar-refractivity contribution in [3.63, 3.8) is 0 Å². The number of rotatable bonds is 8. The Morgan fingerprint density at radius 3 is 2.50 bits per heavy atom. The molecule has 0 radical (unpaired) electrons. The maximum Gasteiger partial charge on any atom is 0.251 e. The van der Waals surface area contributed by atoms with Crippen LogP contribution in [0.1, 0.15) is 29.8 Å². The summed E-state index contributed by atoms with van der Waals surface area (Å²) >= 11 is 0. The van der Waals surface area contributed by atoms with Gasteiger partial charge in [0.05, 0.1) is 12.3 Å². The van der Waals surface area contributed by atoms with Gasteiger partial charge in [0.2, 0.25) is 0 Å². The summed E-state index contributed by atoms with van der Waals surface area (Å²) in [6.45, 7) is 10.0. The van der Waals surface area contributed by atoms with Gasteiger partial charge in [0.25, 0.3) is 5.91 Å². The maximum atomic E-state index is 12.8. The van der Waals surface area contributed by atoms with Crippen LogP contribution in [0.2, 0.25) is 0 Å². The van der Waals surface area contributed by atoms with Gasteiger partial charge in [0, 0.05) is 24.4 Å². The van der Waals surface area contributed by atoms with Crippen molar-refractivity contribution >= 4 is 11.6 Å². The van der Waals surface area contributed by atoms with Crippen LogP contribution in [-0.2, 0) is 4.74 Å². The molecule has 0 aromatic heterocycles. The number of benzene rings is 2. The van der Waals surface area contributed by atoms with Crippen LogP contribution in [0.4, 0.5) is 5.69 Å². The number of nitrogens with one attached hydrogen (secondary N) is 1. The predicted octanol–water partition coefficient (Wildman–Crippen LogP) is 4.01. The van der Waals surface area contributed by atoms with Crippen molar-refractivity contribution in [3.05, 3.63) is 65.9 Å². The van der Waals surface area contributed by atoms with Crippen molar-refractivity contribution in [3.8, 4) is 11.1 Å². The van der Waals surface area contributed by atoms with Crippen molar-refractivity contribution < 1.29 is 9.53 Å². The topological polar surface area (TPSA) is 92.3 Å². The Kier molecular flexibility index (Phi) is 7.28. The fourth-order valence-electron chi connectivity index (χ4n) is 2.78. The van der Waals surface area contributed by atoms with Crippen molar-refractivity contribution in [2.24, 2.45) is 16.3 Å². The van der Waals surface area contributed by atoms with Crippen LogP contribution in [0.3, 0.4) is 0 Å². The molecule has 2 aromatic rings. The second kappa shape index (κ2) is 9.66. The SMILES string of the molecule is C=C(C)N(/N=N\N)c1cc(C(=O)NC(C)COC)cc(-c2ccc(C)cc2)c1. The number of anilines is 1. The summed E-state index contributed by atoms with van der Waals surface area (Å²) in [5, 5.41) is 11.7. The van der Waals surface area contributed by atoms with Gasteiger partial charge in [-0.3, -0.25) is 4.79 Å². The molecule has 3 N–H and O–H groups in total. The number of nitrogens with two attached hydrogens (primary N) is 1. The minimum Gasteiger partial charge on any atom is -0.383 e. The highest BCUT2D eigenvalue weighted by Crippen LogP contribution is 2.29. The third-order valence-corrected chi connectivity index (χ3v) is 4.11. The number of hydrogen-bond donors (Lipinski definition) is 2. The lowest BCUT2D eigenvalue weighted by Crippen LogP contribution is -2.35. The summed E-state index contributed by atoms with van der Waals surface area (Å²) in [7, 11) is 1.60. The second-order valence-electron chi connectivity index (χ2n) is 6.72. The monoisotopic (exact) mass is 381 g/mol. The number of hydrogen-bond acceptors (Lipinski definition) is 4. The van der Waals surface area contributed by atoms with Crippen LogP contribution in [0.15, 0.2) is 65.2 Å². The largest absolute Gasteiger partial charge is 0.383 e. The van der Waals surface area contributed by atoms with E-state index in [1.54, 1.807) is 20.1 Å². The van der Waals surface area contributed by atoms with E-state index in [1.165, 1.54) is 5.01 Å². The van der Waals surface area contributed by atoms with Crippen molar-refractivity contribution in [1.29, 1.82) is 0 Å². The van der Waals surface area contributed by atoms with Gasteiger partial charge in [-0.05, 0) is 55.3 Å². The van der Waals surface area contributed by atoms with E-state index in [0.29, 0.717) is 23.6 Å². The van der Waals surface area contributed by atoms with Gasteiger partial charge in [0.1, 0.15) is 0 Å². The number of carbonyl (C=O) groups excluding carboxylic acids is 1. The molecule has 2 rings (SSSR count). The van der Waals surface area contributed by atoms with Crippen molar-refractivity contribution in [2.75, 3.05) is 18.7 Å². The third-order valence-electron chi connectivity index (χ3n) is 4.11. The average Bonchev–Trinajstić information content (AvgIpc) is 2.66. The van der Waals surface area contributed by atoms with Crippen LogP contribution in [0, 0.1) is 6.92 Å². The minimum atomic E-state index is -0.203. The van der Waals surface area contributed by atoms with Gasteiger partial charge >= 0.3 is 0 Å². The van der Waals surface area contributed by atoms with E-state index in [4.69, 9.17) is 10.6 Å². The fourth-order valence-corrected chi connectivity index (χ4v) is 2.78. The summed E-state index contributed by atoms with van der Waals surface area (Å²) in [5.74, 6) is 5.05. The van der Waals surface area contributed by atoms with Gasteiger partial charge < -0.3 is 15.9 Å². The zero-order valence-corrected chi connectivity index (χ0v) is 16.8. The first-order valence-corrected chi connectivity index (χ1v) is 8.94. The molecule has 0 aliphatic carbocycles. The number of carbonyl (C=O) groups is 1. The Bertz CT molecular complexity index is 862. The molecular weight excluding hydrogens is 354 g/mol. The first-order chi connectivity index (χ1) is 13.3. The first-order valence-electron chi connectivity index (χ1n) is 8.94. The van der Waals surface area contributed by atoms with E-state index in [0.717, 1.165) is 16.7 Å². The lowest BCUT2D eigenvalue weighted by molar-refractivity contribution is 0.0905. The molecule has 7 nitrogen and oxygen atoms in total. The number of amides is 1. The van der Waals surface area contributed by atoms with Crippen molar-refractivity contribution in [2.45, 2.75) is 26.8 Å². The highest BCUT2D eigenvalue weighted by molar-refractivity contribution is 5.97. The standard InChI is InChI=1S/C21H27N5O2/c1-14(2)26(25-24-22)20-11-18(17-8-6-15(3)7-9-17)10-19(12-20)21(27)23-16(4)13-28-5/h6-12,16H,1,13H2,2-5H3,(H2,22,25)(H,23,27). The zero-order valence-electron chi connectivity index (χ0n) is 16.8. The molecule has 0 spiro atoms. The Hall–Kier alpha value is -3.19. The predicted molar refractivity (Wildman–Crippen MR) is 112 cm³/mol. The quantitative estimate of drug-likeness (QED) is 0.410. The molecule has 0 bridgehead atoms. The molecule has 7 heteroatoms. The summed E-state index contributed by atoms with van der Waals surface area (Å²) < 4.78 is 5.09. The summed E-state index contributed by atoms with van der Waals surface area (Å²) in [5.41, 5.74) is 4.78. The number of allylic oxidation sites excluding steroid dienone is 1. The first kappa shape index (κ1) is 21.1. The molecule has 1 unspecified atom stereocenters. The van der Waals surface area contributed by atoms with E-state index in [-0.39, 0.29) is 11.9 Å². The number of ether oxygens (including phenoxy) is 1. The molecule has 28 heavy (non-hydrogen) atoms. The molecule has 0 heterocycles. The second-order valence-corrected chi connectivity index (χ2v) is 6.72. The van der Waals surface area contributed by atoms with Gasteiger partial charge in [-0.15, -0.1) is 0 Å². The number of aryl methyl sites for hydroxylation is 1. The van der Waals surface area contributed by atoms with Crippen LogP contribution in [0.25, 0.3) is 11.1 Å². The highest BCUT2D eigenvalue weighted by Gasteiger charge is 2.16. The molecule has 0 saturated carbocycles. The third kappa shape index (κ3) is 5.40. The number of nitrogens with zero attached hydrogens (tertiary/aromatic N) is 3. The fraction of sp³-hybridized carbons (Fsp3) is 0.286. The van der Waals surface area contributed by atoms with Crippen LogP contribution >= 0.6 is 0 Å². The Morgan fingerprint density at radius 2 is 1.93 bits per heavy atom. The summed E-state index contributed by atoms with van der Waals surface area (Å²) in [6, 6.07) is 13.5. The Balaban J connectivity index is 2.53. The summed E-state index contributed by atoms with van der Waals surface area (Å²) in [4.78, 5) is 12.8. The molecule has 0 saturated heterocycles. The van der Waals surface area contributed by atoms with Crippen molar-refractivity contribution in [1.82, 2.24) is 5.32 Å². The van der Waals surface area contributed by atoms with Crippen LogP contribution in [0.5, 0.6) is 0 Å². The molecule has 2 aromatic carbocycles. The summed E-state index contributed by atoms with van der Waals surface area (Å²) in [6.07, 6.45) is 0. The lowest BCUT2D eigenvalue weighted by atomic mass is 10.00. The van der Waals surface area contributed by atoms with Crippen LogP contribution < -0.4 is 16.2 Å². The Morgan fingerprint density at radius 1 is 1.25 bits per heavy atom. The molecule has 0 aliphatic rings. The Labute approximate surface area is 165 Å². The van der Waals surface area contributed by atoms with Gasteiger partial charge in [-0.2, -0.15) is 0 Å². The normalized spacial score (nSPS) is 12.0. The average molecular weight is 381 g/mol. The molecule has 148 valence electrons. The van der Waals surface area contributed by atoms with E-state index >= 15 is 0 Å². The molecule has 1 atom stereocenters. The lowest BCUT2D eigenvalue weighted by Gasteiger charge is -2.20. The maximum absolute atomic E-state index is 12.8. The number of methoxy groups -OCH3 is 1.